The molecule has 1 N–H and O–H groups in total. The molecule has 3 aromatic rings. The van der Waals surface area contributed by atoms with Crippen molar-refractivity contribution in [3.63, 3.8) is 0 Å². The molecule has 0 amide bonds. The Bertz CT molecular complexity index is 811. The second kappa shape index (κ2) is 6.57. The first-order chi connectivity index (χ1) is 11.9. The van der Waals surface area contributed by atoms with Crippen LogP contribution in [-0.2, 0) is 0 Å². The van der Waals surface area contributed by atoms with E-state index in [-0.39, 0.29) is 6.04 Å². The summed E-state index contributed by atoms with van der Waals surface area (Å²) in [6.07, 6.45) is 3.83. The minimum absolute atomic E-state index is 0.0658. The summed E-state index contributed by atoms with van der Waals surface area (Å²) in [6.45, 7) is 2.05. The molecule has 1 unspecified atom stereocenters. The van der Waals surface area contributed by atoms with Crippen LogP contribution in [0.15, 0.2) is 42.7 Å². The van der Waals surface area contributed by atoms with Gasteiger partial charge in [-0.15, -0.1) is 10.2 Å². The Hall–Kier alpha value is -2.47. The molecule has 6 nitrogen and oxygen atoms in total. The minimum atomic E-state index is 0.0658. The Kier molecular flexibility index (Phi) is 4.13. The second-order valence-corrected chi connectivity index (χ2v) is 6.21. The van der Waals surface area contributed by atoms with Gasteiger partial charge in [0.1, 0.15) is 11.8 Å². The summed E-state index contributed by atoms with van der Waals surface area (Å²) in [5.41, 5.74) is 1.22. The number of tetrazole rings is 1. The highest BCUT2D eigenvalue weighted by atomic mass is 16.5. The van der Waals surface area contributed by atoms with Crippen molar-refractivity contribution >= 4 is 10.8 Å². The van der Waals surface area contributed by atoms with Crippen molar-refractivity contribution in [1.82, 2.24) is 25.5 Å². The number of hydrogen-bond donors (Lipinski definition) is 1. The average molecular weight is 323 g/mol. The van der Waals surface area contributed by atoms with Gasteiger partial charge in [0.25, 0.3) is 0 Å². The van der Waals surface area contributed by atoms with Crippen molar-refractivity contribution in [2.45, 2.75) is 18.9 Å². The quantitative estimate of drug-likeness (QED) is 0.799. The van der Waals surface area contributed by atoms with Crippen LogP contribution in [0.5, 0.6) is 5.75 Å². The van der Waals surface area contributed by atoms with Gasteiger partial charge in [-0.2, -0.15) is 4.80 Å². The predicted molar refractivity (Wildman–Crippen MR) is 92.0 cm³/mol. The van der Waals surface area contributed by atoms with E-state index in [1.165, 1.54) is 23.7 Å². The molecular weight excluding hydrogens is 302 g/mol. The monoisotopic (exact) mass is 323 g/mol. The molecule has 6 heteroatoms. The third kappa shape index (κ3) is 2.63. The lowest BCUT2D eigenvalue weighted by Gasteiger charge is -2.31. The average Bonchev–Trinajstić information content (AvgIpc) is 3.17. The van der Waals surface area contributed by atoms with Gasteiger partial charge in [0, 0.05) is 11.9 Å². The van der Waals surface area contributed by atoms with Crippen molar-refractivity contribution in [2.24, 2.45) is 5.92 Å². The topological polar surface area (TPSA) is 64.9 Å². The van der Waals surface area contributed by atoms with Crippen LogP contribution in [-0.4, -0.2) is 40.4 Å². The zero-order valence-corrected chi connectivity index (χ0v) is 13.7. The standard InChI is InChI=1S/C18H21N5O/c1-24-17-9-8-16(14-6-2-3-7-15(14)17)18(23-21-12-20-22-23)13-5-4-10-19-11-13/h2-3,6-9,12-13,18-19H,4-5,10-11H2,1H3/t13-,18?/m0/s1. The summed E-state index contributed by atoms with van der Waals surface area (Å²) < 4.78 is 5.54. The number of piperidine rings is 1. The van der Waals surface area contributed by atoms with E-state index >= 15 is 0 Å². The first kappa shape index (κ1) is 15.1. The summed E-state index contributed by atoms with van der Waals surface area (Å²) in [4.78, 5) is 1.76. The Morgan fingerprint density at radius 3 is 2.79 bits per heavy atom. The van der Waals surface area contributed by atoms with Gasteiger partial charge in [0.2, 0.25) is 0 Å². The molecule has 1 fully saturated rings. The van der Waals surface area contributed by atoms with Crippen molar-refractivity contribution in [1.29, 1.82) is 0 Å². The Balaban J connectivity index is 1.88. The lowest BCUT2D eigenvalue weighted by Crippen LogP contribution is -2.36. The van der Waals surface area contributed by atoms with E-state index in [9.17, 15) is 0 Å². The van der Waals surface area contributed by atoms with E-state index in [1.54, 1.807) is 11.9 Å². The highest BCUT2D eigenvalue weighted by molar-refractivity contribution is 5.91. The summed E-state index contributed by atoms with van der Waals surface area (Å²) >= 11 is 0. The maximum atomic E-state index is 5.54. The minimum Gasteiger partial charge on any atom is -0.496 e. The number of benzene rings is 2. The van der Waals surface area contributed by atoms with Crippen LogP contribution in [0.4, 0.5) is 0 Å². The number of nitrogens with zero attached hydrogens (tertiary/aromatic N) is 4. The molecule has 0 saturated carbocycles. The maximum absolute atomic E-state index is 5.54. The number of ether oxygens (including phenoxy) is 1. The van der Waals surface area contributed by atoms with Gasteiger partial charge in [0.15, 0.2) is 6.33 Å². The van der Waals surface area contributed by atoms with Gasteiger partial charge in [-0.1, -0.05) is 30.3 Å². The van der Waals surface area contributed by atoms with Crippen molar-refractivity contribution in [3.05, 3.63) is 48.3 Å². The fraction of sp³-hybridized carbons (Fsp3) is 0.389. The Morgan fingerprint density at radius 1 is 1.21 bits per heavy atom. The lowest BCUT2D eigenvalue weighted by atomic mass is 9.85. The first-order valence-electron chi connectivity index (χ1n) is 8.37. The zero-order valence-electron chi connectivity index (χ0n) is 13.7. The van der Waals surface area contributed by atoms with E-state index in [2.05, 4.69) is 45.0 Å². The van der Waals surface area contributed by atoms with Crippen LogP contribution >= 0.6 is 0 Å². The van der Waals surface area contributed by atoms with Gasteiger partial charge < -0.3 is 10.1 Å². The SMILES string of the molecule is COc1ccc(C([C@H]2CCCNC2)n2ncnn2)c2ccccc12. The fourth-order valence-electron chi connectivity index (χ4n) is 3.75. The Labute approximate surface area is 140 Å². The normalized spacial score (nSPS) is 19.3. The van der Waals surface area contributed by atoms with Gasteiger partial charge in [0.05, 0.1) is 7.11 Å². The molecule has 4 rings (SSSR count). The van der Waals surface area contributed by atoms with Crippen LogP contribution in [0.1, 0.15) is 24.4 Å². The highest BCUT2D eigenvalue weighted by Crippen LogP contribution is 2.37. The summed E-state index contributed by atoms with van der Waals surface area (Å²) in [7, 11) is 1.71. The fourth-order valence-corrected chi connectivity index (χ4v) is 3.75. The van der Waals surface area contributed by atoms with Gasteiger partial charge in [-0.05, 0) is 47.5 Å². The maximum Gasteiger partial charge on any atom is 0.162 e. The lowest BCUT2D eigenvalue weighted by molar-refractivity contribution is 0.262. The third-order valence-corrected chi connectivity index (χ3v) is 4.85. The molecule has 2 heterocycles. The van der Waals surface area contributed by atoms with Gasteiger partial charge in [-0.25, -0.2) is 0 Å². The molecule has 1 saturated heterocycles. The van der Waals surface area contributed by atoms with E-state index in [0.717, 1.165) is 30.6 Å². The molecule has 2 aromatic carbocycles. The molecule has 2 atom stereocenters. The predicted octanol–water partition coefficient (Wildman–Crippen LogP) is 2.42. The molecule has 1 aliphatic heterocycles. The summed E-state index contributed by atoms with van der Waals surface area (Å²) in [5.74, 6) is 1.33. The second-order valence-electron chi connectivity index (χ2n) is 6.21. The first-order valence-corrected chi connectivity index (χ1v) is 8.37. The van der Waals surface area contributed by atoms with Gasteiger partial charge in [-0.3, -0.25) is 0 Å². The van der Waals surface area contributed by atoms with Crippen molar-refractivity contribution < 1.29 is 4.74 Å². The van der Waals surface area contributed by atoms with Crippen LogP contribution in [0.3, 0.4) is 0 Å². The highest BCUT2D eigenvalue weighted by Gasteiger charge is 2.29. The van der Waals surface area contributed by atoms with Crippen molar-refractivity contribution in [3.8, 4) is 5.75 Å². The van der Waals surface area contributed by atoms with E-state index in [1.807, 2.05) is 12.1 Å². The van der Waals surface area contributed by atoms with E-state index < -0.39 is 0 Å². The molecule has 24 heavy (non-hydrogen) atoms. The molecule has 1 aliphatic rings. The summed E-state index contributed by atoms with van der Waals surface area (Å²) in [5, 5.41) is 18.3. The van der Waals surface area contributed by atoms with Crippen LogP contribution < -0.4 is 10.1 Å². The third-order valence-electron chi connectivity index (χ3n) is 4.85. The van der Waals surface area contributed by atoms with E-state index in [4.69, 9.17) is 4.74 Å². The molecule has 0 bridgehead atoms. The van der Waals surface area contributed by atoms with Crippen LogP contribution in [0.2, 0.25) is 0 Å². The smallest absolute Gasteiger partial charge is 0.162 e. The number of fused-ring (bicyclic) bond motifs is 1. The van der Waals surface area contributed by atoms with Crippen molar-refractivity contribution in [2.75, 3.05) is 20.2 Å². The number of aromatic nitrogens is 4. The van der Waals surface area contributed by atoms with Crippen LogP contribution in [0.25, 0.3) is 10.8 Å². The summed E-state index contributed by atoms with van der Waals surface area (Å²) in [6, 6.07) is 12.6. The Morgan fingerprint density at radius 2 is 2.08 bits per heavy atom. The largest absolute Gasteiger partial charge is 0.496 e. The molecule has 124 valence electrons. The number of rotatable bonds is 4. The zero-order chi connectivity index (χ0) is 16.4. The number of hydrogen-bond acceptors (Lipinski definition) is 5. The molecule has 0 spiro atoms. The number of nitrogens with one attached hydrogen (secondary N) is 1. The molecular formula is C18H21N5O. The van der Waals surface area contributed by atoms with Crippen LogP contribution in [0, 0.1) is 5.92 Å². The molecule has 0 radical (unpaired) electrons. The molecule has 1 aromatic heterocycles. The van der Waals surface area contributed by atoms with E-state index in [0.29, 0.717) is 5.92 Å². The van der Waals surface area contributed by atoms with Gasteiger partial charge >= 0.3 is 0 Å². The molecule has 0 aliphatic carbocycles. The number of methoxy groups -OCH3 is 1.